The third-order valence-corrected chi connectivity index (χ3v) is 19.7. The van der Waals surface area contributed by atoms with Crippen molar-refractivity contribution in [3.63, 3.8) is 0 Å². The Morgan fingerprint density at radius 3 is 1.17 bits per heavy atom. The van der Waals surface area contributed by atoms with Crippen LogP contribution in [0, 0.1) is 55.4 Å². The van der Waals surface area contributed by atoms with Crippen LogP contribution in [0.25, 0.3) is 88.0 Å². The van der Waals surface area contributed by atoms with Gasteiger partial charge >= 0.3 is 0 Å². The average Bonchev–Trinajstić information content (AvgIpc) is 1.54. The monoisotopic (exact) mass is 1150 g/mol. The van der Waals surface area contributed by atoms with Gasteiger partial charge in [-0.1, -0.05) is 200 Å². The zero-order valence-electron chi connectivity index (χ0n) is 51.5. The SMILES string of the molecule is Cc1ccccc1-c1cccc2c1oc1c(N(c3cc(C)c(C)c(C)c3)c3ccc4c(c3)C(c3ccccc3)(c3ccccc3)c3cc(N(c5cc(C)c(C)c(C)c5)c5cccc6c5oc5c(-c7ccccc7C)cccc56)c5ccccc5c3-4)cccc12. The van der Waals surface area contributed by atoms with Crippen LogP contribution in [0.15, 0.2) is 264 Å². The van der Waals surface area contributed by atoms with Crippen LogP contribution in [0.2, 0.25) is 0 Å². The first-order valence-corrected chi connectivity index (χ1v) is 31.1. The molecule has 0 unspecified atom stereocenters. The third kappa shape index (κ3) is 8.20. The summed E-state index contributed by atoms with van der Waals surface area (Å²) >= 11 is 0. The fourth-order valence-corrected chi connectivity index (χ4v) is 14.9. The van der Waals surface area contributed by atoms with Crippen molar-refractivity contribution in [2.24, 2.45) is 0 Å². The van der Waals surface area contributed by atoms with Gasteiger partial charge in [0.2, 0.25) is 0 Å². The van der Waals surface area contributed by atoms with Crippen LogP contribution in [-0.2, 0) is 5.41 Å². The molecule has 0 spiro atoms. The smallest absolute Gasteiger partial charge is 0.159 e. The number of nitrogens with zero attached hydrogens (tertiary/aromatic N) is 2. The first-order chi connectivity index (χ1) is 43.5. The van der Waals surface area contributed by atoms with Crippen LogP contribution in [-0.4, -0.2) is 0 Å². The Kier molecular flexibility index (Phi) is 12.5. The van der Waals surface area contributed by atoms with E-state index in [9.17, 15) is 0 Å². The second kappa shape index (κ2) is 20.8. The van der Waals surface area contributed by atoms with Crippen LogP contribution in [0.5, 0.6) is 0 Å². The summed E-state index contributed by atoms with van der Waals surface area (Å²) in [5.74, 6) is 0. The number of furan rings is 2. The molecule has 0 saturated carbocycles. The van der Waals surface area contributed by atoms with Gasteiger partial charge < -0.3 is 18.6 Å². The predicted octanol–water partition coefficient (Wildman–Crippen LogP) is 23.7. The summed E-state index contributed by atoms with van der Waals surface area (Å²) in [6, 6.07) is 94.5. The number of para-hydroxylation sites is 4. The van der Waals surface area contributed by atoms with Crippen molar-refractivity contribution >= 4 is 88.8 Å². The summed E-state index contributed by atoms with van der Waals surface area (Å²) in [5, 5.41) is 6.63. The molecule has 16 rings (SSSR count). The average molecular weight is 1150 g/mol. The van der Waals surface area contributed by atoms with E-state index in [1.807, 2.05) is 0 Å². The van der Waals surface area contributed by atoms with Gasteiger partial charge in [0.1, 0.15) is 11.2 Å². The Morgan fingerprint density at radius 2 is 0.663 bits per heavy atom. The van der Waals surface area contributed by atoms with Crippen LogP contribution < -0.4 is 9.80 Å². The van der Waals surface area contributed by atoms with E-state index in [2.05, 4.69) is 320 Å². The Morgan fingerprint density at radius 1 is 0.258 bits per heavy atom. The van der Waals surface area contributed by atoms with Gasteiger partial charge in [0.25, 0.3) is 0 Å². The maximum Gasteiger partial charge on any atom is 0.159 e. The molecule has 0 bridgehead atoms. The highest BCUT2D eigenvalue weighted by atomic mass is 16.3. The van der Waals surface area contributed by atoms with E-state index in [4.69, 9.17) is 8.83 Å². The molecule has 2 heterocycles. The lowest BCUT2D eigenvalue weighted by Crippen LogP contribution is -2.29. The van der Waals surface area contributed by atoms with Gasteiger partial charge in [0.15, 0.2) is 11.2 Å². The normalized spacial score (nSPS) is 12.6. The van der Waals surface area contributed by atoms with E-state index in [0.29, 0.717) is 0 Å². The molecule has 0 amide bonds. The molecule has 0 N–H and O–H groups in total. The van der Waals surface area contributed by atoms with E-state index >= 15 is 0 Å². The lowest BCUT2D eigenvalue weighted by atomic mass is 9.67. The van der Waals surface area contributed by atoms with Gasteiger partial charge in [-0.05, 0) is 204 Å². The Balaban J connectivity index is 0.994. The topological polar surface area (TPSA) is 32.8 Å². The number of fused-ring (bicyclic) bond motifs is 11. The van der Waals surface area contributed by atoms with E-state index in [0.717, 1.165) is 100 Å². The highest BCUT2D eigenvalue weighted by Crippen LogP contribution is 2.61. The third-order valence-electron chi connectivity index (χ3n) is 19.7. The van der Waals surface area contributed by atoms with Crippen molar-refractivity contribution < 1.29 is 8.83 Å². The Hall–Kier alpha value is -10.7. The molecule has 0 aliphatic heterocycles. The lowest BCUT2D eigenvalue weighted by Gasteiger charge is -2.36. The van der Waals surface area contributed by atoms with Crippen LogP contribution in [0.1, 0.15) is 66.8 Å². The summed E-state index contributed by atoms with van der Waals surface area (Å²) in [7, 11) is 0. The highest BCUT2D eigenvalue weighted by molar-refractivity contribution is 6.17. The van der Waals surface area contributed by atoms with Crippen molar-refractivity contribution in [2.45, 2.75) is 60.8 Å². The zero-order chi connectivity index (χ0) is 60.4. The summed E-state index contributed by atoms with van der Waals surface area (Å²) in [6.45, 7) is 17.8. The van der Waals surface area contributed by atoms with Crippen molar-refractivity contribution in [3.05, 3.63) is 322 Å². The molecule has 1 aliphatic rings. The second-order valence-corrected chi connectivity index (χ2v) is 24.7. The Bertz CT molecular complexity index is 5290. The largest absolute Gasteiger partial charge is 0.453 e. The van der Waals surface area contributed by atoms with Crippen LogP contribution in [0.4, 0.5) is 34.1 Å². The summed E-state index contributed by atoms with van der Waals surface area (Å²) in [5.41, 5.74) is 30.3. The van der Waals surface area contributed by atoms with Gasteiger partial charge in [-0.25, -0.2) is 0 Å². The number of rotatable bonds is 10. The van der Waals surface area contributed by atoms with Crippen LogP contribution >= 0.6 is 0 Å². The highest BCUT2D eigenvalue weighted by Gasteiger charge is 2.48. The Labute approximate surface area is 520 Å². The number of benzene rings is 13. The molecule has 4 heteroatoms. The fraction of sp³-hybridized carbons (Fsp3) is 0.106. The molecule has 15 aromatic rings. The minimum absolute atomic E-state index is 0.820. The molecule has 1 aliphatic carbocycles. The lowest BCUT2D eigenvalue weighted by molar-refractivity contribution is 0.670. The van der Waals surface area contributed by atoms with E-state index in [1.165, 1.54) is 88.8 Å². The molecule has 428 valence electrons. The molecule has 89 heavy (non-hydrogen) atoms. The van der Waals surface area contributed by atoms with Gasteiger partial charge in [-0.3, -0.25) is 0 Å². The molecule has 0 atom stereocenters. The maximum atomic E-state index is 7.42. The van der Waals surface area contributed by atoms with E-state index < -0.39 is 5.41 Å². The minimum atomic E-state index is -0.820. The molecule has 4 nitrogen and oxygen atoms in total. The standard InChI is InChI=1S/C85H66N2O2/c1-51-25-15-17-31-64(51)68-35-21-37-70-72-39-23-41-77(83(72)88-81(68)70)86(62-45-53(3)57(7)54(4)46-62)61-43-44-74-75(49-61)85(59-27-11-9-12-28-59,60-29-13-10-14-30-60)76-50-79(66-33-19-20-34-67(66)80(74)76)87(63-47-55(5)58(8)56(6)48-63)78-42-24-40-73-71-38-22-36-69(82(71)89-84(73)78)65-32-18-16-26-52(65)2/h9-50H,1-8H3. The number of hydrogen-bond donors (Lipinski definition) is 0. The molecular weight excluding hydrogens is 1080 g/mol. The van der Waals surface area contributed by atoms with Gasteiger partial charge in [-0.15, -0.1) is 0 Å². The van der Waals surface area contributed by atoms with Crippen LogP contribution in [0.3, 0.4) is 0 Å². The van der Waals surface area contributed by atoms with Crippen molar-refractivity contribution in [3.8, 4) is 33.4 Å². The first kappa shape index (κ1) is 53.8. The molecule has 0 radical (unpaired) electrons. The zero-order valence-corrected chi connectivity index (χ0v) is 51.5. The van der Waals surface area contributed by atoms with E-state index in [-0.39, 0.29) is 0 Å². The number of anilines is 6. The summed E-state index contributed by atoms with van der Waals surface area (Å²) in [6.07, 6.45) is 0. The van der Waals surface area contributed by atoms with Crippen molar-refractivity contribution in [1.29, 1.82) is 0 Å². The number of hydrogen-bond acceptors (Lipinski definition) is 4. The molecular formula is C85H66N2O2. The molecule has 13 aromatic carbocycles. The molecule has 0 saturated heterocycles. The van der Waals surface area contributed by atoms with Gasteiger partial charge in [0.05, 0.1) is 22.5 Å². The minimum Gasteiger partial charge on any atom is -0.453 e. The maximum absolute atomic E-state index is 7.42. The van der Waals surface area contributed by atoms with Gasteiger partial charge in [0, 0.05) is 55.1 Å². The van der Waals surface area contributed by atoms with Crippen molar-refractivity contribution in [1.82, 2.24) is 0 Å². The number of aryl methyl sites for hydroxylation is 6. The summed E-state index contributed by atoms with van der Waals surface area (Å²) < 4.78 is 14.8. The molecule has 0 fully saturated rings. The quantitative estimate of drug-likeness (QED) is 0.137. The summed E-state index contributed by atoms with van der Waals surface area (Å²) in [4.78, 5) is 4.95. The molecule has 2 aromatic heterocycles. The van der Waals surface area contributed by atoms with Crippen molar-refractivity contribution in [2.75, 3.05) is 9.80 Å². The second-order valence-electron chi connectivity index (χ2n) is 24.7. The fourth-order valence-electron chi connectivity index (χ4n) is 14.9. The predicted molar refractivity (Wildman–Crippen MR) is 374 cm³/mol. The van der Waals surface area contributed by atoms with E-state index in [1.54, 1.807) is 0 Å². The first-order valence-electron chi connectivity index (χ1n) is 31.1. The van der Waals surface area contributed by atoms with Gasteiger partial charge in [-0.2, -0.15) is 0 Å².